The number of fused-ring (bicyclic) bond motifs is 1. The number of nitrogens with one attached hydrogen (secondary N) is 1. The minimum Gasteiger partial charge on any atom is -0.497 e. The summed E-state index contributed by atoms with van der Waals surface area (Å²) in [4.78, 5) is 17.6. The molecule has 4 aromatic rings. The van der Waals surface area contributed by atoms with Crippen molar-refractivity contribution in [2.75, 3.05) is 7.11 Å². The maximum absolute atomic E-state index is 12.5. The second kappa shape index (κ2) is 8.16. The Hall–Kier alpha value is -3.77. The first-order valence-corrected chi connectivity index (χ1v) is 10.6. The first kappa shape index (κ1) is 19.2. The molecule has 1 aliphatic heterocycles. The van der Waals surface area contributed by atoms with Crippen LogP contribution >= 0.6 is 11.8 Å². The molecule has 1 amide bonds. The fraction of sp³-hybridized carbons (Fsp3) is 0.0400. The second-order valence-electron chi connectivity index (χ2n) is 7.01. The van der Waals surface area contributed by atoms with Gasteiger partial charge >= 0.3 is 0 Å². The average Bonchev–Trinajstić information content (AvgIpc) is 3.40. The van der Waals surface area contributed by atoms with E-state index in [1.165, 1.54) is 22.5 Å². The van der Waals surface area contributed by atoms with Crippen molar-refractivity contribution < 1.29 is 9.53 Å². The molecule has 31 heavy (non-hydrogen) atoms. The average molecular weight is 426 g/mol. The molecule has 1 fully saturated rings. The molecular weight excluding hydrogens is 406 g/mol. The Bertz CT molecular complexity index is 1340. The van der Waals surface area contributed by atoms with Crippen molar-refractivity contribution in [3.05, 3.63) is 95.7 Å². The Balaban J connectivity index is 1.42. The molecule has 1 aromatic heterocycles. The summed E-state index contributed by atoms with van der Waals surface area (Å²) < 4.78 is 7.24. The maximum atomic E-state index is 12.5. The van der Waals surface area contributed by atoms with Crippen molar-refractivity contribution in [2.24, 2.45) is 4.99 Å². The lowest BCUT2D eigenvalue weighted by Crippen LogP contribution is -2.19. The number of aromatic nitrogens is 1. The number of carbonyl (C=O) groups excluding carboxylic acids is 1. The quantitative estimate of drug-likeness (QED) is 0.437. The summed E-state index contributed by atoms with van der Waals surface area (Å²) in [7, 11) is 1.62. The van der Waals surface area contributed by atoms with Gasteiger partial charge in [0.05, 0.1) is 17.7 Å². The van der Waals surface area contributed by atoms with Gasteiger partial charge in [0, 0.05) is 17.6 Å². The van der Waals surface area contributed by atoms with Gasteiger partial charge in [0.25, 0.3) is 5.91 Å². The highest BCUT2D eigenvalue weighted by Gasteiger charge is 2.24. The highest BCUT2D eigenvalue weighted by molar-refractivity contribution is 8.18. The third-order valence-electron chi connectivity index (χ3n) is 5.02. The zero-order valence-electron chi connectivity index (χ0n) is 16.8. The summed E-state index contributed by atoms with van der Waals surface area (Å²) in [6.45, 7) is 0. The van der Waals surface area contributed by atoms with E-state index < -0.39 is 0 Å². The molecule has 0 spiro atoms. The van der Waals surface area contributed by atoms with E-state index in [2.05, 4.69) is 45.2 Å². The Morgan fingerprint density at radius 3 is 2.58 bits per heavy atom. The highest BCUT2D eigenvalue weighted by Crippen LogP contribution is 2.29. The zero-order chi connectivity index (χ0) is 21.2. The third kappa shape index (κ3) is 3.98. The van der Waals surface area contributed by atoms with Crippen LogP contribution in [0.4, 0.5) is 5.69 Å². The third-order valence-corrected chi connectivity index (χ3v) is 5.93. The summed E-state index contributed by atoms with van der Waals surface area (Å²) >= 11 is 1.33. The number of carbonyl (C=O) groups is 1. The van der Waals surface area contributed by atoms with Gasteiger partial charge in [-0.3, -0.25) is 4.79 Å². The van der Waals surface area contributed by atoms with E-state index in [1.807, 2.05) is 60.8 Å². The van der Waals surface area contributed by atoms with Gasteiger partial charge in [0.1, 0.15) is 5.75 Å². The van der Waals surface area contributed by atoms with Crippen LogP contribution < -0.4 is 10.1 Å². The largest absolute Gasteiger partial charge is 0.497 e. The van der Waals surface area contributed by atoms with Crippen molar-refractivity contribution >= 4 is 45.4 Å². The Morgan fingerprint density at radius 1 is 0.968 bits per heavy atom. The minimum atomic E-state index is -0.150. The van der Waals surface area contributed by atoms with Crippen molar-refractivity contribution in [3.63, 3.8) is 0 Å². The van der Waals surface area contributed by atoms with Crippen LogP contribution in [0.15, 0.2) is 95.0 Å². The number of aliphatic imine (C=N–C) groups is 1. The number of hydrogen-bond donors (Lipinski definition) is 1. The molecule has 0 atom stereocenters. The van der Waals surface area contributed by atoms with Gasteiger partial charge in [-0.25, -0.2) is 4.99 Å². The SMILES string of the molecule is COc1ccc(N=C2NC(=O)/C(=C/c3cccn3-c3ccc4ccccc4c3)S2)cc1. The lowest BCUT2D eigenvalue weighted by molar-refractivity contribution is -0.115. The van der Waals surface area contributed by atoms with Crippen LogP contribution in [0.3, 0.4) is 0 Å². The number of hydrogen-bond acceptors (Lipinski definition) is 4. The predicted octanol–water partition coefficient (Wildman–Crippen LogP) is 5.53. The smallest absolute Gasteiger partial charge is 0.264 e. The molecule has 0 unspecified atom stereocenters. The molecule has 3 aromatic carbocycles. The molecule has 1 aliphatic rings. The van der Waals surface area contributed by atoms with Crippen LogP contribution in [-0.4, -0.2) is 22.8 Å². The van der Waals surface area contributed by atoms with Gasteiger partial charge < -0.3 is 14.6 Å². The van der Waals surface area contributed by atoms with Crippen LogP contribution in [-0.2, 0) is 4.79 Å². The summed E-state index contributed by atoms with van der Waals surface area (Å²) in [5.74, 6) is 0.616. The van der Waals surface area contributed by atoms with Crippen molar-refractivity contribution in [2.45, 2.75) is 0 Å². The highest BCUT2D eigenvalue weighted by atomic mass is 32.2. The maximum Gasteiger partial charge on any atom is 0.264 e. The van der Waals surface area contributed by atoms with Gasteiger partial charge in [-0.05, 0) is 77.1 Å². The minimum absolute atomic E-state index is 0.150. The van der Waals surface area contributed by atoms with Crippen LogP contribution in [0, 0.1) is 0 Å². The molecule has 0 saturated carbocycles. The summed E-state index contributed by atoms with van der Waals surface area (Å²) in [5.41, 5.74) is 2.73. The number of rotatable bonds is 4. The Labute approximate surface area is 184 Å². The van der Waals surface area contributed by atoms with Crippen molar-refractivity contribution in [1.82, 2.24) is 9.88 Å². The van der Waals surface area contributed by atoms with E-state index in [1.54, 1.807) is 7.11 Å². The van der Waals surface area contributed by atoms with Gasteiger partial charge in [-0.15, -0.1) is 0 Å². The van der Waals surface area contributed by atoms with E-state index in [9.17, 15) is 4.79 Å². The van der Waals surface area contributed by atoms with Crippen LogP contribution in [0.5, 0.6) is 5.75 Å². The number of ether oxygens (including phenoxy) is 1. The molecule has 1 saturated heterocycles. The molecule has 5 nitrogen and oxygen atoms in total. The molecule has 0 bridgehead atoms. The fourth-order valence-corrected chi connectivity index (χ4v) is 4.29. The molecule has 0 radical (unpaired) electrons. The van der Waals surface area contributed by atoms with Crippen molar-refractivity contribution in [1.29, 1.82) is 0 Å². The Morgan fingerprint density at radius 2 is 1.77 bits per heavy atom. The van der Waals surface area contributed by atoms with E-state index in [4.69, 9.17) is 4.74 Å². The first-order chi connectivity index (χ1) is 15.2. The summed E-state index contributed by atoms with van der Waals surface area (Å²) in [6.07, 6.45) is 3.89. The van der Waals surface area contributed by atoms with Gasteiger partial charge in [-0.1, -0.05) is 30.3 Å². The molecule has 1 N–H and O–H groups in total. The first-order valence-electron chi connectivity index (χ1n) is 9.80. The zero-order valence-corrected chi connectivity index (χ0v) is 17.6. The molecule has 2 heterocycles. The van der Waals surface area contributed by atoms with Gasteiger partial charge in [0.15, 0.2) is 5.17 Å². The number of benzene rings is 3. The normalized spacial score (nSPS) is 16.2. The Kier molecular flexibility index (Phi) is 5.06. The second-order valence-corrected chi connectivity index (χ2v) is 8.04. The van der Waals surface area contributed by atoms with E-state index >= 15 is 0 Å². The molecule has 5 rings (SSSR count). The standard InChI is InChI=1S/C25H19N3O2S/c1-30-22-12-9-19(10-13-22)26-25-27-24(29)23(31-25)16-20-7-4-14-28(20)21-11-8-17-5-2-3-6-18(17)15-21/h2-16H,1H3,(H,26,27,29)/b23-16-. The topological polar surface area (TPSA) is 55.6 Å². The van der Waals surface area contributed by atoms with Gasteiger partial charge in [0.2, 0.25) is 0 Å². The van der Waals surface area contributed by atoms with Crippen LogP contribution in [0.25, 0.3) is 22.5 Å². The molecule has 152 valence electrons. The van der Waals surface area contributed by atoms with E-state index in [0.717, 1.165) is 22.8 Å². The molecule has 0 aliphatic carbocycles. The number of methoxy groups -OCH3 is 1. The fourth-order valence-electron chi connectivity index (χ4n) is 3.46. The van der Waals surface area contributed by atoms with Gasteiger partial charge in [-0.2, -0.15) is 0 Å². The monoisotopic (exact) mass is 425 g/mol. The van der Waals surface area contributed by atoms with Crippen molar-refractivity contribution in [3.8, 4) is 11.4 Å². The predicted molar refractivity (Wildman–Crippen MR) is 127 cm³/mol. The number of amidine groups is 1. The summed E-state index contributed by atoms with van der Waals surface area (Å²) in [5, 5.41) is 5.78. The lowest BCUT2D eigenvalue weighted by atomic mass is 10.1. The number of thioether (sulfide) groups is 1. The molecular formula is C25H19N3O2S. The number of amides is 1. The van der Waals surface area contributed by atoms with E-state index in [0.29, 0.717) is 10.1 Å². The molecule has 6 heteroatoms. The van der Waals surface area contributed by atoms with Crippen LogP contribution in [0.1, 0.15) is 5.69 Å². The lowest BCUT2D eigenvalue weighted by Gasteiger charge is -2.08. The van der Waals surface area contributed by atoms with E-state index in [-0.39, 0.29) is 5.91 Å². The van der Waals surface area contributed by atoms with Crippen LogP contribution in [0.2, 0.25) is 0 Å². The number of nitrogens with zero attached hydrogens (tertiary/aromatic N) is 2. The summed E-state index contributed by atoms with van der Waals surface area (Å²) in [6, 6.07) is 26.0.